The molecular formula is C15H20ClNOS. The van der Waals surface area contributed by atoms with E-state index < -0.39 is 0 Å². The van der Waals surface area contributed by atoms with Gasteiger partial charge in [-0.1, -0.05) is 36.6 Å². The van der Waals surface area contributed by atoms with Crippen LogP contribution >= 0.6 is 23.4 Å². The minimum atomic E-state index is 0.204. The van der Waals surface area contributed by atoms with Gasteiger partial charge in [-0.15, -0.1) is 0 Å². The van der Waals surface area contributed by atoms with Crippen LogP contribution in [0.5, 0.6) is 0 Å². The predicted octanol–water partition coefficient (Wildman–Crippen LogP) is 4.02. The van der Waals surface area contributed by atoms with Gasteiger partial charge in [0.05, 0.1) is 0 Å². The molecule has 1 amide bonds. The molecule has 0 heterocycles. The number of rotatable bonds is 6. The van der Waals surface area contributed by atoms with E-state index in [0.717, 1.165) is 29.4 Å². The maximum atomic E-state index is 11.7. The average molecular weight is 298 g/mol. The van der Waals surface area contributed by atoms with Crippen molar-refractivity contribution >= 4 is 29.3 Å². The third-order valence-corrected chi connectivity index (χ3v) is 4.66. The molecule has 1 aromatic carbocycles. The van der Waals surface area contributed by atoms with Crippen molar-refractivity contribution in [3.05, 3.63) is 34.9 Å². The molecule has 0 unspecified atom stereocenters. The molecule has 2 rings (SSSR count). The molecule has 0 atom stereocenters. The first-order valence-electron chi connectivity index (χ1n) is 6.85. The van der Waals surface area contributed by atoms with Gasteiger partial charge in [0.2, 0.25) is 5.91 Å². The SMILES string of the molecule is O=C(CCSCc1ccc(Cl)cc1)NC1CCCC1. The number of thioether (sulfide) groups is 1. The minimum absolute atomic E-state index is 0.204. The highest BCUT2D eigenvalue weighted by molar-refractivity contribution is 7.98. The maximum absolute atomic E-state index is 11.7. The van der Waals surface area contributed by atoms with Crippen molar-refractivity contribution in [2.24, 2.45) is 0 Å². The standard InChI is InChI=1S/C15H20ClNOS/c16-13-7-5-12(6-8-13)11-19-10-9-15(18)17-14-3-1-2-4-14/h5-8,14H,1-4,9-11H2,(H,17,18). The number of carbonyl (C=O) groups is 1. The summed E-state index contributed by atoms with van der Waals surface area (Å²) in [4.78, 5) is 11.7. The molecule has 1 aliphatic carbocycles. The number of hydrogen-bond acceptors (Lipinski definition) is 2. The fraction of sp³-hybridized carbons (Fsp3) is 0.533. The maximum Gasteiger partial charge on any atom is 0.221 e. The van der Waals surface area contributed by atoms with E-state index in [1.54, 1.807) is 11.8 Å². The van der Waals surface area contributed by atoms with Crippen LogP contribution in [0, 0.1) is 0 Å². The second-order valence-corrected chi connectivity index (χ2v) is 6.52. The summed E-state index contributed by atoms with van der Waals surface area (Å²) >= 11 is 7.63. The van der Waals surface area contributed by atoms with Crippen molar-refractivity contribution in [1.82, 2.24) is 5.32 Å². The Morgan fingerprint density at radius 1 is 1.26 bits per heavy atom. The van der Waals surface area contributed by atoms with Gasteiger partial charge in [-0.25, -0.2) is 0 Å². The van der Waals surface area contributed by atoms with Crippen molar-refractivity contribution in [3.8, 4) is 0 Å². The van der Waals surface area contributed by atoms with Crippen LogP contribution < -0.4 is 5.32 Å². The highest BCUT2D eigenvalue weighted by Gasteiger charge is 2.16. The Kier molecular flexibility index (Phi) is 6.05. The van der Waals surface area contributed by atoms with Crippen LogP contribution in [0.25, 0.3) is 0 Å². The summed E-state index contributed by atoms with van der Waals surface area (Å²) in [6.07, 6.45) is 5.45. The van der Waals surface area contributed by atoms with Gasteiger partial charge in [-0.3, -0.25) is 4.79 Å². The fourth-order valence-corrected chi connectivity index (χ4v) is 3.33. The molecule has 1 saturated carbocycles. The van der Waals surface area contributed by atoms with Crippen molar-refractivity contribution in [3.63, 3.8) is 0 Å². The molecule has 1 aliphatic rings. The van der Waals surface area contributed by atoms with E-state index in [4.69, 9.17) is 11.6 Å². The number of hydrogen-bond donors (Lipinski definition) is 1. The lowest BCUT2D eigenvalue weighted by atomic mass is 10.2. The molecule has 0 spiro atoms. The van der Waals surface area contributed by atoms with E-state index in [2.05, 4.69) is 5.32 Å². The van der Waals surface area contributed by atoms with Crippen LogP contribution in [-0.2, 0) is 10.5 Å². The lowest BCUT2D eigenvalue weighted by Crippen LogP contribution is -2.32. The highest BCUT2D eigenvalue weighted by Crippen LogP contribution is 2.18. The molecule has 0 radical (unpaired) electrons. The molecule has 1 fully saturated rings. The monoisotopic (exact) mass is 297 g/mol. The average Bonchev–Trinajstić information content (AvgIpc) is 2.89. The largest absolute Gasteiger partial charge is 0.353 e. The van der Waals surface area contributed by atoms with Gasteiger partial charge < -0.3 is 5.32 Å². The topological polar surface area (TPSA) is 29.1 Å². The summed E-state index contributed by atoms with van der Waals surface area (Å²) < 4.78 is 0. The van der Waals surface area contributed by atoms with E-state index in [1.165, 1.54) is 18.4 Å². The second kappa shape index (κ2) is 7.81. The summed E-state index contributed by atoms with van der Waals surface area (Å²) in [6, 6.07) is 8.32. The number of nitrogens with one attached hydrogen (secondary N) is 1. The molecule has 19 heavy (non-hydrogen) atoms. The third kappa shape index (κ3) is 5.45. The van der Waals surface area contributed by atoms with Crippen LogP contribution in [0.2, 0.25) is 5.02 Å². The summed E-state index contributed by atoms with van der Waals surface area (Å²) in [5.41, 5.74) is 1.26. The molecule has 0 saturated heterocycles. The summed E-state index contributed by atoms with van der Waals surface area (Å²) in [7, 11) is 0. The Bertz CT molecular complexity index is 401. The highest BCUT2D eigenvalue weighted by atomic mass is 35.5. The first-order chi connectivity index (χ1) is 9.24. The first kappa shape index (κ1) is 14.7. The van der Waals surface area contributed by atoms with Crippen molar-refractivity contribution in [2.75, 3.05) is 5.75 Å². The van der Waals surface area contributed by atoms with Gasteiger partial charge in [-0.2, -0.15) is 11.8 Å². The molecule has 2 nitrogen and oxygen atoms in total. The van der Waals surface area contributed by atoms with E-state index in [0.29, 0.717) is 12.5 Å². The van der Waals surface area contributed by atoms with Crippen LogP contribution in [0.3, 0.4) is 0 Å². The van der Waals surface area contributed by atoms with Gasteiger partial charge in [0.1, 0.15) is 0 Å². The lowest BCUT2D eigenvalue weighted by Gasteiger charge is -2.11. The number of halogens is 1. The Balaban J connectivity index is 1.58. The number of benzene rings is 1. The fourth-order valence-electron chi connectivity index (χ4n) is 2.31. The summed E-state index contributed by atoms with van der Waals surface area (Å²) in [5.74, 6) is 2.02. The van der Waals surface area contributed by atoms with Crippen molar-refractivity contribution in [1.29, 1.82) is 0 Å². The Hall–Kier alpha value is -0.670. The predicted molar refractivity (Wildman–Crippen MR) is 82.6 cm³/mol. The van der Waals surface area contributed by atoms with E-state index in [1.807, 2.05) is 24.3 Å². The normalized spacial score (nSPS) is 15.6. The second-order valence-electron chi connectivity index (χ2n) is 4.98. The summed E-state index contributed by atoms with van der Waals surface area (Å²) in [6.45, 7) is 0. The quantitative estimate of drug-likeness (QED) is 0.804. The van der Waals surface area contributed by atoms with Crippen LogP contribution in [0.4, 0.5) is 0 Å². The number of amides is 1. The molecule has 0 aliphatic heterocycles. The van der Waals surface area contributed by atoms with E-state index >= 15 is 0 Å². The van der Waals surface area contributed by atoms with Gasteiger partial charge in [0, 0.05) is 29.0 Å². The molecule has 0 aromatic heterocycles. The zero-order valence-corrected chi connectivity index (χ0v) is 12.6. The molecular weight excluding hydrogens is 278 g/mol. The van der Waals surface area contributed by atoms with Crippen molar-refractivity contribution in [2.45, 2.75) is 43.9 Å². The summed E-state index contributed by atoms with van der Waals surface area (Å²) in [5, 5.41) is 3.88. The molecule has 4 heteroatoms. The zero-order valence-electron chi connectivity index (χ0n) is 11.0. The lowest BCUT2D eigenvalue weighted by molar-refractivity contribution is -0.121. The van der Waals surface area contributed by atoms with Gasteiger partial charge >= 0.3 is 0 Å². The van der Waals surface area contributed by atoms with E-state index in [9.17, 15) is 4.79 Å². The molecule has 1 aromatic rings. The zero-order chi connectivity index (χ0) is 13.5. The smallest absolute Gasteiger partial charge is 0.221 e. The first-order valence-corrected chi connectivity index (χ1v) is 8.39. The van der Waals surface area contributed by atoms with Crippen LogP contribution in [0.1, 0.15) is 37.7 Å². The molecule has 104 valence electrons. The Morgan fingerprint density at radius 2 is 1.95 bits per heavy atom. The Morgan fingerprint density at radius 3 is 2.63 bits per heavy atom. The molecule has 1 N–H and O–H groups in total. The minimum Gasteiger partial charge on any atom is -0.353 e. The third-order valence-electron chi connectivity index (χ3n) is 3.38. The number of carbonyl (C=O) groups excluding carboxylic acids is 1. The van der Waals surface area contributed by atoms with Gasteiger partial charge in [0.15, 0.2) is 0 Å². The van der Waals surface area contributed by atoms with Crippen molar-refractivity contribution < 1.29 is 4.79 Å². The Labute approximate surface area is 124 Å². The van der Waals surface area contributed by atoms with Crippen LogP contribution in [-0.4, -0.2) is 17.7 Å². The van der Waals surface area contributed by atoms with Gasteiger partial charge in [0.25, 0.3) is 0 Å². The van der Waals surface area contributed by atoms with Gasteiger partial charge in [-0.05, 0) is 30.5 Å². The van der Waals surface area contributed by atoms with Crippen LogP contribution in [0.15, 0.2) is 24.3 Å². The molecule has 0 bridgehead atoms. The van der Waals surface area contributed by atoms with E-state index in [-0.39, 0.29) is 5.91 Å².